The van der Waals surface area contributed by atoms with Crippen LogP contribution in [-0.4, -0.2) is 46.7 Å². The van der Waals surface area contributed by atoms with E-state index < -0.39 is 0 Å². The first-order chi connectivity index (χ1) is 9.56. The van der Waals surface area contributed by atoms with Gasteiger partial charge in [-0.2, -0.15) is 0 Å². The second kappa shape index (κ2) is 6.61. The molecule has 1 saturated heterocycles. The predicted octanol–water partition coefficient (Wildman–Crippen LogP) is 1.70. The van der Waals surface area contributed by atoms with Crippen LogP contribution in [0, 0.1) is 0 Å². The molecule has 5 nitrogen and oxygen atoms in total. The molecular formula is C15H22N2O3. The highest BCUT2D eigenvalue weighted by Crippen LogP contribution is 2.22. The van der Waals surface area contributed by atoms with Crippen LogP contribution in [-0.2, 0) is 0 Å². The average Bonchev–Trinajstić information content (AvgIpc) is 2.39. The van der Waals surface area contributed by atoms with Gasteiger partial charge in [-0.15, -0.1) is 0 Å². The molecule has 1 aromatic carbocycles. The maximum Gasteiger partial charge on any atom is 0.255 e. The fourth-order valence-electron chi connectivity index (χ4n) is 2.59. The van der Waals surface area contributed by atoms with Crippen LogP contribution in [0.1, 0.15) is 36.5 Å². The number of aromatic hydroxyl groups is 2. The van der Waals surface area contributed by atoms with E-state index in [0.717, 1.165) is 19.6 Å². The number of nitrogens with zero attached hydrogens (tertiary/aromatic N) is 1. The Hall–Kier alpha value is -1.75. The fourth-order valence-corrected chi connectivity index (χ4v) is 2.59. The molecule has 1 amide bonds. The van der Waals surface area contributed by atoms with Crippen molar-refractivity contribution in [2.24, 2.45) is 0 Å². The maximum absolute atomic E-state index is 12.1. The van der Waals surface area contributed by atoms with Gasteiger partial charge in [0.25, 0.3) is 5.91 Å². The fraction of sp³-hybridized carbons (Fsp3) is 0.533. The van der Waals surface area contributed by atoms with Crippen molar-refractivity contribution in [2.75, 3.05) is 19.6 Å². The molecule has 0 spiro atoms. The zero-order valence-corrected chi connectivity index (χ0v) is 11.8. The van der Waals surface area contributed by atoms with Crippen molar-refractivity contribution in [1.82, 2.24) is 10.2 Å². The molecule has 1 heterocycles. The topological polar surface area (TPSA) is 72.8 Å². The van der Waals surface area contributed by atoms with Crippen LogP contribution < -0.4 is 5.32 Å². The maximum atomic E-state index is 12.1. The second-order valence-electron chi connectivity index (χ2n) is 5.44. The Labute approximate surface area is 119 Å². The number of phenols is 2. The average molecular weight is 278 g/mol. The quantitative estimate of drug-likeness (QED) is 0.784. The molecule has 110 valence electrons. The number of likely N-dealkylation sites (tertiary alicyclic amines) is 1. The van der Waals surface area contributed by atoms with Gasteiger partial charge in [0.15, 0.2) is 0 Å². The summed E-state index contributed by atoms with van der Waals surface area (Å²) >= 11 is 0. The number of hydrogen-bond acceptors (Lipinski definition) is 4. The van der Waals surface area contributed by atoms with E-state index in [2.05, 4.69) is 10.2 Å². The van der Waals surface area contributed by atoms with Crippen LogP contribution in [0.25, 0.3) is 0 Å². The number of hydrogen-bond donors (Lipinski definition) is 3. The van der Waals surface area contributed by atoms with Crippen molar-refractivity contribution in [1.29, 1.82) is 0 Å². The summed E-state index contributed by atoms with van der Waals surface area (Å²) in [5, 5.41) is 21.8. The Bertz CT molecular complexity index is 470. The lowest BCUT2D eigenvalue weighted by molar-refractivity contribution is 0.0923. The Balaban J connectivity index is 1.89. The number of carbonyl (C=O) groups is 1. The summed E-state index contributed by atoms with van der Waals surface area (Å²) in [5.41, 5.74) is 0.188. The molecule has 2 rings (SSSR count). The molecule has 1 atom stereocenters. The van der Waals surface area contributed by atoms with Gasteiger partial charge in [-0.05, 0) is 45.0 Å². The number of benzene rings is 1. The standard InChI is InChI=1S/C15H22N2O3/c1-11(10-17-7-3-2-4-8-17)16-15(20)13-6-5-12(18)9-14(13)19/h5-6,9,11,18-19H,2-4,7-8,10H2,1H3,(H,16,20). The molecule has 3 N–H and O–H groups in total. The predicted molar refractivity (Wildman–Crippen MR) is 77.0 cm³/mol. The lowest BCUT2D eigenvalue weighted by Gasteiger charge is -2.29. The minimum atomic E-state index is -0.313. The Morgan fingerprint density at radius 1 is 1.30 bits per heavy atom. The van der Waals surface area contributed by atoms with Crippen LogP contribution in [0.4, 0.5) is 0 Å². The van der Waals surface area contributed by atoms with Crippen LogP contribution >= 0.6 is 0 Å². The first-order valence-corrected chi connectivity index (χ1v) is 7.11. The highest BCUT2D eigenvalue weighted by Gasteiger charge is 2.17. The van der Waals surface area contributed by atoms with E-state index in [0.29, 0.717) is 0 Å². The van der Waals surface area contributed by atoms with Crippen LogP contribution in [0.3, 0.4) is 0 Å². The third-order valence-corrected chi connectivity index (χ3v) is 3.58. The summed E-state index contributed by atoms with van der Waals surface area (Å²) in [6, 6.07) is 4.01. The second-order valence-corrected chi connectivity index (χ2v) is 5.44. The van der Waals surface area contributed by atoms with Gasteiger partial charge in [0.1, 0.15) is 11.5 Å². The molecule has 20 heavy (non-hydrogen) atoms. The molecule has 0 aliphatic carbocycles. The minimum absolute atomic E-state index is 0.0220. The number of phenolic OH excluding ortho intramolecular Hbond substituents is 2. The van der Waals surface area contributed by atoms with E-state index in [1.165, 1.54) is 37.5 Å². The van der Waals surface area contributed by atoms with Crippen molar-refractivity contribution in [2.45, 2.75) is 32.2 Å². The van der Waals surface area contributed by atoms with Crippen LogP contribution in [0.15, 0.2) is 18.2 Å². The molecule has 1 aliphatic rings. The third-order valence-electron chi connectivity index (χ3n) is 3.58. The monoisotopic (exact) mass is 278 g/mol. The van der Waals surface area contributed by atoms with E-state index in [-0.39, 0.29) is 29.0 Å². The van der Waals surface area contributed by atoms with Gasteiger partial charge in [-0.1, -0.05) is 6.42 Å². The zero-order valence-electron chi connectivity index (χ0n) is 11.8. The highest BCUT2D eigenvalue weighted by atomic mass is 16.3. The van der Waals surface area contributed by atoms with Crippen molar-refractivity contribution < 1.29 is 15.0 Å². The minimum Gasteiger partial charge on any atom is -0.508 e. The van der Waals surface area contributed by atoms with Crippen molar-refractivity contribution >= 4 is 5.91 Å². The van der Waals surface area contributed by atoms with Crippen LogP contribution in [0.5, 0.6) is 11.5 Å². The third kappa shape index (κ3) is 3.87. The van der Waals surface area contributed by atoms with Gasteiger partial charge >= 0.3 is 0 Å². The summed E-state index contributed by atoms with van der Waals surface area (Å²) in [7, 11) is 0. The summed E-state index contributed by atoms with van der Waals surface area (Å²) in [6.07, 6.45) is 3.73. The van der Waals surface area contributed by atoms with E-state index in [1.54, 1.807) is 0 Å². The van der Waals surface area contributed by atoms with E-state index in [9.17, 15) is 15.0 Å². The van der Waals surface area contributed by atoms with Crippen LogP contribution in [0.2, 0.25) is 0 Å². The number of nitrogens with one attached hydrogen (secondary N) is 1. The SMILES string of the molecule is CC(CN1CCCCC1)NC(=O)c1ccc(O)cc1O. The Kier molecular flexibility index (Phi) is 4.84. The van der Waals surface area contributed by atoms with Crippen molar-refractivity contribution in [3.63, 3.8) is 0 Å². The first-order valence-electron chi connectivity index (χ1n) is 7.11. The number of piperidine rings is 1. The molecule has 5 heteroatoms. The van der Waals surface area contributed by atoms with Gasteiger partial charge in [-0.25, -0.2) is 0 Å². The summed E-state index contributed by atoms with van der Waals surface area (Å²) in [6.45, 7) is 4.96. The first kappa shape index (κ1) is 14.7. The van der Waals surface area contributed by atoms with Gasteiger partial charge in [-0.3, -0.25) is 4.79 Å². The largest absolute Gasteiger partial charge is 0.508 e. The van der Waals surface area contributed by atoms with Gasteiger partial charge in [0.2, 0.25) is 0 Å². The lowest BCUT2D eigenvalue weighted by Crippen LogP contribution is -2.43. The summed E-state index contributed by atoms with van der Waals surface area (Å²) in [5.74, 6) is -0.569. The molecule has 0 bridgehead atoms. The molecule has 1 fully saturated rings. The number of carbonyl (C=O) groups excluding carboxylic acids is 1. The van der Waals surface area contributed by atoms with Crippen molar-refractivity contribution in [3.05, 3.63) is 23.8 Å². The molecule has 0 radical (unpaired) electrons. The highest BCUT2D eigenvalue weighted by molar-refractivity contribution is 5.97. The van der Waals surface area contributed by atoms with Gasteiger partial charge in [0.05, 0.1) is 5.56 Å². The molecule has 1 unspecified atom stereocenters. The number of rotatable bonds is 4. The molecule has 0 saturated carbocycles. The van der Waals surface area contributed by atoms with Crippen molar-refractivity contribution in [3.8, 4) is 11.5 Å². The van der Waals surface area contributed by atoms with E-state index in [4.69, 9.17) is 0 Å². The Morgan fingerprint density at radius 3 is 2.65 bits per heavy atom. The van der Waals surface area contributed by atoms with E-state index >= 15 is 0 Å². The Morgan fingerprint density at radius 2 is 2.00 bits per heavy atom. The summed E-state index contributed by atoms with van der Waals surface area (Å²) in [4.78, 5) is 14.4. The molecular weight excluding hydrogens is 256 g/mol. The van der Waals surface area contributed by atoms with E-state index in [1.807, 2.05) is 6.92 Å². The molecule has 1 aromatic rings. The number of amides is 1. The zero-order chi connectivity index (χ0) is 14.5. The normalized spacial score (nSPS) is 17.6. The van der Waals surface area contributed by atoms with Gasteiger partial charge in [0, 0.05) is 18.7 Å². The lowest BCUT2D eigenvalue weighted by atomic mass is 10.1. The molecule has 1 aliphatic heterocycles. The molecule has 0 aromatic heterocycles. The smallest absolute Gasteiger partial charge is 0.255 e. The summed E-state index contributed by atoms with van der Waals surface area (Å²) < 4.78 is 0. The van der Waals surface area contributed by atoms with Gasteiger partial charge < -0.3 is 20.4 Å².